The Balaban J connectivity index is 1.73. The van der Waals surface area contributed by atoms with Gasteiger partial charge in [0.15, 0.2) is 0 Å². The molecule has 2 aromatic rings. The van der Waals surface area contributed by atoms with E-state index in [4.69, 9.17) is 10.5 Å². The SMILES string of the molecule is COc1ccc(C2(N)CC(c3ccccc3)C2)cc1. The van der Waals surface area contributed by atoms with E-state index in [2.05, 4.69) is 42.5 Å². The van der Waals surface area contributed by atoms with Gasteiger partial charge in [-0.2, -0.15) is 0 Å². The molecule has 0 bridgehead atoms. The van der Waals surface area contributed by atoms with Crippen LogP contribution in [0.2, 0.25) is 0 Å². The molecule has 0 atom stereocenters. The highest BCUT2D eigenvalue weighted by Crippen LogP contribution is 2.49. The Bertz CT molecular complexity index is 541. The second-order valence-corrected chi connectivity index (χ2v) is 5.40. The van der Waals surface area contributed by atoms with E-state index in [0.717, 1.165) is 18.6 Å². The van der Waals surface area contributed by atoms with Crippen molar-refractivity contribution in [2.24, 2.45) is 5.73 Å². The van der Waals surface area contributed by atoms with Crippen molar-refractivity contribution >= 4 is 0 Å². The molecule has 0 aromatic heterocycles. The molecule has 0 unspecified atom stereocenters. The van der Waals surface area contributed by atoms with Gasteiger partial charge in [-0.05, 0) is 42.0 Å². The molecule has 1 fully saturated rings. The van der Waals surface area contributed by atoms with E-state index in [-0.39, 0.29) is 5.54 Å². The first-order chi connectivity index (χ1) is 9.21. The van der Waals surface area contributed by atoms with Crippen molar-refractivity contribution in [3.63, 3.8) is 0 Å². The average Bonchev–Trinajstić information content (AvgIpc) is 2.45. The summed E-state index contributed by atoms with van der Waals surface area (Å²) in [7, 11) is 1.68. The van der Waals surface area contributed by atoms with Gasteiger partial charge in [-0.1, -0.05) is 42.5 Å². The van der Waals surface area contributed by atoms with Gasteiger partial charge in [0.2, 0.25) is 0 Å². The van der Waals surface area contributed by atoms with Gasteiger partial charge < -0.3 is 10.5 Å². The van der Waals surface area contributed by atoms with Crippen LogP contribution in [0.4, 0.5) is 0 Å². The van der Waals surface area contributed by atoms with Crippen molar-refractivity contribution in [1.82, 2.24) is 0 Å². The Kier molecular flexibility index (Phi) is 3.03. The Morgan fingerprint density at radius 2 is 1.63 bits per heavy atom. The average molecular weight is 253 g/mol. The second kappa shape index (κ2) is 4.71. The van der Waals surface area contributed by atoms with Gasteiger partial charge in [-0.15, -0.1) is 0 Å². The first-order valence-corrected chi connectivity index (χ1v) is 6.70. The van der Waals surface area contributed by atoms with E-state index in [9.17, 15) is 0 Å². The number of benzene rings is 2. The van der Waals surface area contributed by atoms with Crippen molar-refractivity contribution in [3.05, 3.63) is 65.7 Å². The maximum Gasteiger partial charge on any atom is 0.118 e. The van der Waals surface area contributed by atoms with Crippen molar-refractivity contribution < 1.29 is 4.74 Å². The number of hydrogen-bond donors (Lipinski definition) is 1. The fourth-order valence-electron chi connectivity index (χ4n) is 2.94. The predicted molar refractivity (Wildman–Crippen MR) is 77.3 cm³/mol. The zero-order valence-electron chi connectivity index (χ0n) is 11.2. The Morgan fingerprint density at radius 1 is 1.00 bits per heavy atom. The number of hydrogen-bond acceptors (Lipinski definition) is 2. The summed E-state index contributed by atoms with van der Waals surface area (Å²) in [5.74, 6) is 1.47. The van der Waals surface area contributed by atoms with Crippen molar-refractivity contribution in [2.45, 2.75) is 24.3 Å². The highest BCUT2D eigenvalue weighted by Gasteiger charge is 2.42. The molecule has 0 aliphatic heterocycles. The highest BCUT2D eigenvalue weighted by atomic mass is 16.5. The molecule has 2 nitrogen and oxygen atoms in total. The minimum atomic E-state index is -0.174. The molecule has 0 spiro atoms. The summed E-state index contributed by atoms with van der Waals surface area (Å²) in [4.78, 5) is 0. The lowest BCUT2D eigenvalue weighted by Gasteiger charge is -2.45. The fourth-order valence-corrected chi connectivity index (χ4v) is 2.94. The molecular formula is C17H19NO. The van der Waals surface area contributed by atoms with Gasteiger partial charge in [0.1, 0.15) is 5.75 Å². The molecule has 0 saturated heterocycles. The standard InChI is InChI=1S/C17H19NO/c1-19-16-9-7-15(8-10-16)17(18)11-14(12-17)13-5-3-2-4-6-13/h2-10,14H,11-12,18H2,1H3. The zero-order valence-corrected chi connectivity index (χ0v) is 11.2. The first kappa shape index (κ1) is 12.2. The molecule has 3 rings (SSSR count). The normalized spacial score (nSPS) is 25.7. The topological polar surface area (TPSA) is 35.2 Å². The van der Waals surface area contributed by atoms with E-state index in [1.165, 1.54) is 11.1 Å². The highest BCUT2D eigenvalue weighted by molar-refractivity contribution is 5.36. The van der Waals surface area contributed by atoms with Crippen LogP contribution in [0.15, 0.2) is 54.6 Å². The minimum absolute atomic E-state index is 0.174. The Hall–Kier alpha value is -1.80. The van der Waals surface area contributed by atoms with Crippen LogP contribution >= 0.6 is 0 Å². The lowest BCUT2D eigenvalue weighted by Crippen LogP contribution is -2.47. The first-order valence-electron chi connectivity index (χ1n) is 6.70. The third-order valence-corrected chi connectivity index (χ3v) is 4.16. The van der Waals surface area contributed by atoms with E-state index < -0.39 is 0 Å². The molecule has 0 heterocycles. The lowest BCUT2D eigenvalue weighted by atomic mass is 9.63. The van der Waals surface area contributed by atoms with E-state index in [1.807, 2.05) is 12.1 Å². The molecule has 0 amide bonds. The van der Waals surface area contributed by atoms with Crippen LogP contribution in [-0.2, 0) is 5.54 Å². The minimum Gasteiger partial charge on any atom is -0.497 e. The van der Waals surface area contributed by atoms with Gasteiger partial charge >= 0.3 is 0 Å². The smallest absolute Gasteiger partial charge is 0.118 e. The molecule has 1 aliphatic carbocycles. The van der Waals surface area contributed by atoms with Gasteiger partial charge in [0.25, 0.3) is 0 Å². The summed E-state index contributed by atoms with van der Waals surface area (Å²) in [5, 5.41) is 0. The summed E-state index contributed by atoms with van der Waals surface area (Å²) >= 11 is 0. The molecule has 98 valence electrons. The van der Waals surface area contributed by atoms with E-state index in [1.54, 1.807) is 7.11 Å². The van der Waals surface area contributed by atoms with Gasteiger partial charge in [-0.25, -0.2) is 0 Å². The molecule has 0 radical (unpaired) electrons. The molecular weight excluding hydrogens is 234 g/mol. The van der Waals surface area contributed by atoms with Crippen LogP contribution in [-0.4, -0.2) is 7.11 Å². The molecule has 19 heavy (non-hydrogen) atoms. The summed E-state index contributed by atoms with van der Waals surface area (Å²) in [6, 6.07) is 18.8. The Labute approximate surface area is 114 Å². The number of rotatable bonds is 3. The number of ether oxygens (including phenoxy) is 1. The van der Waals surface area contributed by atoms with Crippen molar-refractivity contribution in [3.8, 4) is 5.75 Å². The second-order valence-electron chi connectivity index (χ2n) is 5.40. The third-order valence-electron chi connectivity index (χ3n) is 4.16. The molecule has 1 saturated carbocycles. The lowest BCUT2D eigenvalue weighted by molar-refractivity contribution is 0.209. The van der Waals surface area contributed by atoms with Crippen LogP contribution in [0.1, 0.15) is 29.9 Å². The van der Waals surface area contributed by atoms with Crippen LogP contribution < -0.4 is 10.5 Å². The van der Waals surface area contributed by atoms with Crippen LogP contribution in [0.3, 0.4) is 0 Å². The summed E-state index contributed by atoms with van der Waals surface area (Å²) < 4.78 is 5.18. The van der Waals surface area contributed by atoms with Crippen LogP contribution in [0, 0.1) is 0 Å². The number of methoxy groups -OCH3 is 1. The van der Waals surface area contributed by atoms with Gasteiger partial charge in [-0.3, -0.25) is 0 Å². The van der Waals surface area contributed by atoms with E-state index in [0.29, 0.717) is 5.92 Å². The molecule has 2 aromatic carbocycles. The molecule has 1 aliphatic rings. The monoisotopic (exact) mass is 253 g/mol. The summed E-state index contributed by atoms with van der Waals surface area (Å²) in [6.07, 6.45) is 2.03. The summed E-state index contributed by atoms with van der Waals surface area (Å²) in [6.45, 7) is 0. The van der Waals surface area contributed by atoms with Gasteiger partial charge in [0.05, 0.1) is 7.11 Å². The van der Waals surface area contributed by atoms with Crippen LogP contribution in [0.5, 0.6) is 5.75 Å². The van der Waals surface area contributed by atoms with E-state index >= 15 is 0 Å². The maximum atomic E-state index is 6.50. The largest absolute Gasteiger partial charge is 0.497 e. The number of nitrogens with two attached hydrogens (primary N) is 1. The maximum absolute atomic E-state index is 6.50. The predicted octanol–water partition coefficient (Wildman–Crippen LogP) is 3.43. The quantitative estimate of drug-likeness (QED) is 0.909. The van der Waals surface area contributed by atoms with Gasteiger partial charge in [0, 0.05) is 5.54 Å². The molecule has 2 N–H and O–H groups in total. The summed E-state index contributed by atoms with van der Waals surface area (Å²) in [5.41, 5.74) is 8.94. The van der Waals surface area contributed by atoms with Crippen molar-refractivity contribution in [2.75, 3.05) is 7.11 Å². The fraction of sp³-hybridized carbons (Fsp3) is 0.294. The third kappa shape index (κ3) is 2.24. The van der Waals surface area contributed by atoms with Crippen molar-refractivity contribution in [1.29, 1.82) is 0 Å². The molecule has 2 heteroatoms. The zero-order chi connectivity index (χ0) is 13.3. The Morgan fingerprint density at radius 3 is 2.21 bits per heavy atom. The van der Waals surface area contributed by atoms with Crippen LogP contribution in [0.25, 0.3) is 0 Å².